The van der Waals surface area contributed by atoms with E-state index >= 15 is 0 Å². The summed E-state index contributed by atoms with van der Waals surface area (Å²) in [6.45, 7) is 5.77. The topological polar surface area (TPSA) is 63.0 Å². The van der Waals surface area contributed by atoms with Gasteiger partial charge in [0.25, 0.3) is 5.91 Å². The molecule has 1 saturated heterocycles. The number of piperidine rings is 1. The van der Waals surface area contributed by atoms with E-state index in [4.69, 9.17) is 9.15 Å². The van der Waals surface area contributed by atoms with Crippen LogP contribution < -0.4 is 4.74 Å². The van der Waals surface area contributed by atoms with E-state index in [1.165, 1.54) is 6.26 Å². The van der Waals surface area contributed by atoms with Crippen LogP contribution in [0, 0.1) is 13.8 Å². The first-order chi connectivity index (χ1) is 16.5. The van der Waals surface area contributed by atoms with Crippen molar-refractivity contribution in [3.05, 3.63) is 88.9 Å². The first kappa shape index (κ1) is 22.3. The molecule has 2 amide bonds. The number of benzene rings is 2. The van der Waals surface area contributed by atoms with Crippen molar-refractivity contribution in [3.8, 4) is 5.75 Å². The summed E-state index contributed by atoms with van der Waals surface area (Å²) in [6, 6.07) is 17.0. The molecule has 3 heterocycles. The van der Waals surface area contributed by atoms with Crippen LogP contribution >= 0.6 is 0 Å². The predicted octanol–water partition coefficient (Wildman–Crippen LogP) is 4.53. The molecule has 6 heteroatoms. The first-order valence-electron chi connectivity index (χ1n) is 11.9. The zero-order valence-corrected chi connectivity index (χ0v) is 19.7. The first-order valence-corrected chi connectivity index (χ1v) is 11.9. The van der Waals surface area contributed by atoms with E-state index in [1.807, 2.05) is 29.2 Å². The number of hydrogen-bond acceptors (Lipinski definition) is 4. The second-order valence-corrected chi connectivity index (χ2v) is 9.26. The molecule has 5 rings (SSSR count). The highest BCUT2D eigenvalue weighted by Gasteiger charge is 2.39. The lowest BCUT2D eigenvalue weighted by Gasteiger charge is -2.40. The third-order valence-electron chi connectivity index (χ3n) is 6.97. The summed E-state index contributed by atoms with van der Waals surface area (Å²) < 4.78 is 11.7. The summed E-state index contributed by atoms with van der Waals surface area (Å²) in [5.41, 5.74) is 4.46. The van der Waals surface area contributed by atoms with Crippen molar-refractivity contribution in [2.45, 2.75) is 51.8 Å². The highest BCUT2D eigenvalue weighted by Crippen LogP contribution is 2.29. The van der Waals surface area contributed by atoms with Crippen molar-refractivity contribution in [1.29, 1.82) is 0 Å². The number of carbonyl (C=O) groups excluding carboxylic acids is 2. The van der Waals surface area contributed by atoms with E-state index in [1.54, 1.807) is 17.0 Å². The maximum Gasteiger partial charge on any atom is 0.290 e. The number of nitrogens with zero attached hydrogens (tertiary/aromatic N) is 2. The second-order valence-electron chi connectivity index (χ2n) is 9.26. The lowest BCUT2D eigenvalue weighted by atomic mass is 9.92. The van der Waals surface area contributed by atoms with Gasteiger partial charge in [0.05, 0.1) is 6.26 Å². The van der Waals surface area contributed by atoms with Gasteiger partial charge in [-0.15, -0.1) is 0 Å². The van der Waals surface area contributed by atoms with Crippen LogP contribution in [0.15, 0.2) is 65.3 Å². The molecule has 1 fully saturated rings. The summed E-state index contributed by atoms with van der Waals surface area (Å²) in [7, 11) is 0. The zero-order chi connectivity index (χ0) is 23.7. The molecule has 34 heavy (non-hydrogen) atoms. The lowest BCUT2D eigenvalue weighted by molar-refractivity contribution is -0.138. The fourth-order valence-corrected chi connectivity index (χ4v) is 5.06. The van der Waals surface area contributed by atoms with Crippen molar-refractivity contribution in [1.82, 2.24) is 9.80 Å². The van der Waals surface area contributed by atoms with E-state index in [-0.39, 0.29) is 23.7 Å². The number of ether oxygens (including phenoxy) is 1. The number of fused-ring (bicyclic) bond motifs is 1. The largest absolute Gasteiger partial charge is 0.490 e. The van der Waals surface area contributed by atoms with Gasteiger partial charge in [-0.1, -0.05) is 42.5 Å². The van der Waals surface area contributed by atoms with Crippen LogP contribution in [0.3, 0.4) is 0 Å². The molecule has 0 bridgehead atoms. The number of carbonyl (C=O) groups is 2. The highest BCUT2D eigenvalue weighted by molar-refractivity contribution is 5.96. The molecule has 2 aliphatic rings. The van der Waals surface area contributed by atoms with E-state index in [9.17, 15) is 9.59 Å². The number of likely N-dealkylation sites (tertiary alicyclic amines) is 1. The Morgan fingerprint density at radius 1 is 0.912 bits per heavy atom. The van der Waals surface area contributed by atoms with Crippen LogP contribution in [0.4, 0.5) is 0 Å². The monoisotopic (exact) mass is 458 g/mol. The third-order valence-corrected chi connectivity index (χ3v) is 6.97. The molecule has 1 unspecified atom stereocenters. The fourth-order valence-electron chi connectivity index (χ4n) is 5.06. The maximum absolute atomic E-state index is 13.7. The van der Waals surface area contributed by atoms with Gasteiger partial charge in [0, 0.05) is 38.9 Å². The van der Waals surface area contributed by atoms with Crippen molar-refractivity contribution < 1.29 is 18.7 Å². The van der Waals surface area contributed by atoms with Gasteiger partial charge in [0.2, 0.25) is 5.91 Å². The predicted molar refractivity (Wildman–Crippen MR) is 129 cm³/mol. The van der Waals surface area contributed by atoms with E-state index in [2.05, 4.69) is 32.0 Å². The minimum absolute atomic E-state index is 0.0000635. The van der Waals surface area contributed by atoms with Gasteiger partial charge in [-0.3, -0.25) is 9.59 Å². The Morgan fingerprint density at radius 3 is 2.29 bits per heavy atom. The molecule has 0 saturated carbocycles. The third kappa shape index (κ3) is 4.32. The molecule has 2 aromatic carbocycles. The average molecular weight is 459 g/mol. The lowest BCUT2D eigenvalue weighted by Crippen LogP contribution is -2.55. The van der Waals surface area contributed by atoms with Crippen LogP contribution in [-0.4, -0.2) is 46.8 Å². The number of para-hydroxylation sites is 1. The number of furan rings is 1. The van der Waals surface area contributed by atoms with E-state index in [0.717, 1.165) is 40.8 Å². The van der Waals surface area contributed by atoms with Gasteiger partial charge in [-0.2, -0.15) is 0 Å². The summed E-state index contributed by atoms with van der Waals surface area (Å²) in [4.78, 5) is 30.5. The Morgan fingerprint density at radius 2 is 1.62 bits per heavy atom. The standard InChI is InChI=1S/C28H30N2O4/c1-19-7-5-8-20(2)26(19)34-23-12-14-29(15-13-23)27(31)24-17-21-9-3-4-10-22(21)18-30(24)28(32)25-11-6-16-33-25/h3-11,16,23-24H,12-15,17-18H2,1-2H3. The molecule has 2 aliphatic heterocycles. The molecule has 0 spiro atoms. The van der Waals surface area contributed by atoms with E-state index in [0.29, 0.717) is 26.1 Å². The Labute approximate surface area is 200 Å². The van der Waals surface area contributed by atoms with Crippen molar-refractivity contribution >= 4 is 11.8 Å². The van der Waals surface area contributed by atoms with Gasteiger partial charge in [0.15, 0.2) is 5.76 Å². The van der Waals surface area contributed by atoms with Gasteiger partial charge in [-0.25, -0.2) is 0 Å². The molecule has 0 radical (unpaired) electrons. The maximum atomic E-state index is 13.7. The molecule has 176 valence electrons. The summed E-state index contributed by atoms with van der Waals surface area (Å²) in [6.07, 6.45) is 3.63. The Bertz CT molecular complexity index is 1160. The Balaban J connectivity index is 1.30. The van der Waals surface area contributed by atoms with Crippen LogP contribution in [0.1, 0.15) is 45.7 Å². The van der Waals surface area contributed by atoms with Crippen LogP contribution in [0.5, 0.6) is 5.75 Å². The number of hydrogen-bond donors (Lipinski definition) is 0. The number of aryl methyl sites for hydroxylation is 2. The van der Waals surface area contributed by atoms with Crippen LogP contribution in [0.25, 0.3) is 0 Å². The molecule has 1 aromatic heterocycles. The Hall–Kier alpha value is -3.54. The van der Waals surface area contributed by atoms with Crippen LogP contribution in [-0.2, 0) is 17.8 Å². The SMILES string of the molecule is Cc1cccc(C)c1OC1CCN(C(=O)C2Cc3ccccc3CN2C(=O)c2ccco2)CC1. The molecule has 0 N–H and O–H groups in total. The van der Waals surface area contributed by atoms with Gasteiger partial charge in [0.1, 0.15) is 17.9 Å². The minimum atomic E-state index is -0.538. The molecule has 3 aromatic rings. The molecular weight excluding hydrogens is 428 g/mol. The Kier molecular flexibility index (Phi) is 6.14. The quantitative estimate of drug-likeness (QED) is 0.576. The summed E-state index contributed by atoms with van der Waals surface area (Å²) in [5, 5.41) is 0. The summed E-state index contributed by atoms with van der Waals surface area (Å²) in [5.74, 6) is 0.968. The van der Waals surface area contributed by atoms with Gasteiger partial charge < -0.3 is 19.0 Å². The molecular formula is C28H30N2O4. The normalized spacial score (nSPS) is 18.5. The van der Waals surface area contributed by atoms with E-state index < -0.39 is 6.04 Å². The fraction of sp³-hybridized carbons (Fsp3) is 0.357. The molecule has 1 atom stereocenters. The van der Waals surface area contributed by atoms with Crippen molar-refractivity contribution in [2.24, 2.45) is 0 Å². The summed E-state index contributed by atoms with van der Waals surface area (Å²) >= 11 is 0. The zero-order valence-electron chi connectivity index (χ0n) is 19.7. The minimum Gasteiger partial charge on any atom is -0.490 e. The smallest absolute Gasteiger partial charge is 0.290 e. The van der Waals surface area contributed by atoms with Crippen LogP contribution in [0.2, 0.25) is 0 Å². The van der Waals surface area contributed by atoms with Crippen molar-refractivity contribution in [2.75, 3.05) is 13.1 Å². The van der Waals surface area contributed by atoms with Gasteiger partial charge >= 0.3 is 0 Å². The number of amides is 2. The van der Waals surface area contributed by atoms with Crippen molar-refractivity contribution in [3.63, 3.8) is 0 Å². The highest BCUT2D eigenvalue weighted by atomic mass is 16.5. The molecule has 0 aliphatic carbocycles. The molecule has 6 nitrogen and oxygen atoms in total. The van der Waals surface area contributed by atoms with Gasteiger partial charge in [-0.05, 0) is 48.2 Å². The average Bonchev–Trinajstić information content (AvgIpc) is 3.40. The second kappa shape index (κ2) is 9.37. The number of rotatable bonds is 4.